The number of nitrogens with zero attached hydrogens (tertiary/aromatic N) is 2. The summed E-state index contributed by atoms with van der Waals surface area (Å²) in [7, 11) is 0. The number of aromatic nitrogens is 2. The molecule has 1 unspecified atom stereocenters. The number of aryl methyl sites for hydroxylation is 1. The summed E-state index contributed by atoms with van der Waals surface area (Å²) in [6.07, 6.45) is 7.09. The second kappa shape index (κ2) is 4.94. The third kappa shape index (κ3) is 2.37. The molecular formula is C13H15N3S. The van der Waals surface area contributed by atoms with E-state index in [9.17, 15) is 0 Å². The van der Waals surface area contributed by atoms with Gasteiger partial charge in [0, 0.05) is 30.7 Å². The molecule has 0 aromatic carbocycles. The van der Waals surface area contributed by atoms with Gasteiger partial charge in [-0.15, -0.1) is 11.3 Å². The van der Waals surface area contributed by atoms with Gasteiger partial charge < -0.3 is 5.32 Å². The van der Waals surface area contributed by atoms with Crippen molar-refractivity contribution >= 4 is 11.3 Å². The van der Waals surface area contributed by atoms with Crippen molar-refractivity contribution in [1.82, 2.24) is 15.3 Å². The largest absolute Gasteiger partial charge is 0.308 e. The molecule has 0 radical (unpaired) electrons. The number of pyridine rings is 1. The molecule has 0 spiro atoms. The summed E-state index contributed by atoms with van der Waals surface area (Å²) in [5.41, 5.74) is 2.64. The van der Waals surface area contributed by atoms with Crippen LogP contribution in [-0.4, -0.2) is 16.5 Å². The molecule has 0 fully saturated rings. The Morgan fingerprint density at radius 2 is 2.35 bits per heavy atom. The Labute approximate surface area is 105 Å². The van der Waals surface area contributed by atoms with Crippen LogP contribution in [-0.2, 0) is 12.8 Å². The van der Waals surface area contributed by atoms with E-state index in [1.165, 1.54) is 22.7 Å². The summed E-state index contributed by atoms with van der Waals surface area (Å²) in [5.74, 6) is 0. The molecule has 1 aliphatic rings. The third-order valence-corrected chi connectivity index (χ3v) is 4.01. The molecule has 4 heteroatoms. The van der Waals surface area contributed by atoms with Crippen molar-refractivity contribution in [2.45, 2.75) is 25.3 Å². The molecule has 88 valence electrons. The van der Waals surface area contributed by atoms with Crippen molar-refractivity contribution in [3.8, 4) is 0 Å². The molecule has 1 atom stereocenters. The van der Waals surface area contributed by atoms with Crippen molar-refractivity contribution in [3.63, 3.8) is 0 Å². The lowest BCUT2D eigenvalue weighted by molar-refractivity contribution is 0.524. The van der Waals surface area contributed by atoms with Crippen LogP contribution in [0.2, 0.25) is 0 Å². The molecule has 17 heavy (non-hydrogen) atoms. The molecule has 3 rings (SSSR count). The molecule has 1 aliphatic carbocycles. The second-order valence-corrected chi connectivity index (χ2v) is 5.25. The first-order valence-electron chi connectivity index (χ1n) is 5.99. The number of hydrogen-bond donors (Lipinski definition) is 1. The van der Waals surface area contributed by atoms with Gasteiger partial charge in [0.25, 0.3) is 0 Å². The summed E-state index contributed by atoms with van der Waals surface area (Å²) >= 11 is 1.72. The third-order valence-electron chi connectivity index (χ3n) is 3.17. The maximum Gasteiger partial charge on any atom is 0.0937 e. The number of nitrogens with one attached hydrogen (secondary N) is 1. The van der Waals surface area contributed by atoms with Gasteiger partial charge in [-0.3, -0.25) is 4.98 Å². The highest BCUT2D eigenvalue weighted by Gasteiger charge is 2.22. The molecule has 3 nitrogen and oxygen atoms in total. The fourth-order valence-corrected chi connectivity index (χ4v) is 2.96. The normalized spacial score (nSPS) is 18.2. The van der Waals surface area contributed by atoms with E-state index in [4.69, 9.17) is 0 Å². The summed E-state index contributed by atoms with van der Waals surface area (Å²) < 4.78 is 0. The van der Waals surface area contributed by atoms with Gasteiger partial charge in [-0.1, -0.05) is 6.07 Å². The van der Waals surface area contributed by atoms with Crippen molar-refractivity contribution in [2.24, 2.45) is 0 Å². The van der Waals surface area contributed by atoms with E-state index < -0.39 is 0 Å². The SMILES string of the molecule is c1cnc2c(c1)CCC2NCCc1nccs1. The van der Waals surface area contributed by atoms with E-state index in [0.717, 1.165) is 19.4 Å². The lowest BCUT2D eigenvalue weighted by Crippen LogP contribution is -2.22. The van der Waals surface area contributed by atoms with Crippen molar-refractivity contribution < 1.29 is 0 Å². The van der Waals surface area contributed by atoms with Gasteiger partial charge in [0.2, 0.25) is 0 Å². The van der Waals surface area contributed by atoms with Crippen LogP contribution in [0.1, 0.15) is 28.7 Å². The highest BCUT2D eigenvalue weighted by molar-refractivity contribution is 7.09. The van der Waals surface area contributed by atoms with Crippen LogP contribution in [0.25, 0.3) is 0 Å². The van der Waals surface area contributed by atoms with Crippen LogP contribution in [0.3, 0.4) is 0 Å². The lowest BCUT2D eigenvalue weighted by Gasteiger charge is -2.12. The van der Waals surface area contributed by atoms with Crippen LogP contribution < -0.4 is 5.32 Å². The first-order valence-corrected chi connectivity index (χ1v) is 6.87. The second-order valence-electron chi connectivity index (χ2n) is 4.27. The Hall–Kier alpha value is -1.26. The predicted molar refractivity (Wildman–Crippen MR) is 69.1 cm³/mol. The van der Waals surface area contributed by atoms with E-state index in [1.54, 1.807) is 11.3 Å². The Morgan fingerprint density at radius 1 is 1.35 bits per heavy atom. The minimum atomic E-state index is 0.436. The van der Waals surface area contributed by atoms with Crippen molar-refractivity contribution in [2.75, 3.05) is 6.54 Å². The Bertz CT molecular complexity index is 481. The van der Waals surface area contributed by atoms with E-state index >= 15 is 0 Å². The van der Waals surface area contributed by atoms with E-state index in [2.05, 4.69) is 21.4 Å². The number of rotatable bonds is 4. The number of hydrogen-bond acceptors (Lipinski definition) is 4. The van der Waals surface area contributed by atoms with Gasteiger partial charge in [0.05, 0.1) is 16.7 Å². The molecule has 2 aromatic heterocycles. The molecule has 2 heterocycles. The topological polar surface area (TPSA) is 37.8 Å². The fraction of sp³-hybridized carbons (Fsp3) is 0.385. The van der Waals surface area contributed by atoms with E-state index in [0.29, 0.717) is 6.04 Å². The molecule has 0 saturated heterocycles. The maximum atomic E-state index is 4.48. The summed E-state index contributed by atoms with van der Waals surface area (Å²) in [6, 6.07) is 4.65. The maximum absolute atomic E-state index is 4.48. The minimum Gasteiger partial charge on any atom is -0.308 e. The first kappa shape index (κ1) is 10.9. The zero-order valence-electron chi connectivity index (χ0n) is 9.60. The molecule has 0 aliphatic heterocycles. The van der Waals surface area contributed by atoms with Crippen LogP contribution >= 0.6 is 11.3 Å². The van der Waals surface area contributed by atoms with Crippen LogP contribution in [0.15, 0.2) is 29.9 Å². The van der Waals surface area contributed by atoms with Gasteiger partial charge in [0.15, 0.2) is 0 Å². The monoisotopic (exact) mass is 245 g/mol. The Morgan fingerprint density at radius 3 is 3.24 bits per heavy atom. The highest BCUT2D eigenvalue weighted by atomic mass is 32.1. The molecule has 2 aromatic rings. The smallest absolute Gasteiger partial charge is 0.0937 e. The summed E-state index contributed by atoms with van der Waals surface area (Å²) in [4.78, 5) is 8.77. The van der Waals surface area contributed by atoms with Crippen LogP contribution in [0.4, 0.5) is 0 Å². The number of fused-ring (bicyclic) bond motifs is 1. The molecule has 0 bridgehead atoms. The van der Waals surface area contributed by atoms with Gasteiger partial charge in [-0.2, -0.15) is 0 Å². The standard InChI is InChI=1S/C13H15N3S/c1-2-10-3-4-11(13(10)16-6-1)14-7-5-12-15-8-9-17-12/h1-2,6,8-9,11,14H,3-5,7H2. The minimum absolute atomic E-state index is 0.436. The van der Waals surface area contributed by atoms with Crippen LogP contribution in [0, 0.1) is 0 Å². The fourth-order valence-electron chi connectivity index (χ4n) is 2.34. The summed E-state index contributed by atoms with van der Waals surface area (Å²) in [5, 5.41) is 6.82. The molecule has 0 saturated carbocycles. The van der Waals surface area contributed by atoms with Gasteiger partial charge in [-0.25, -0.2) is 4.98 Å². The van der Waals surface area contributed by atoms with Gasteiger partial charge in [-0.05, 0) is 24.5 Å². The quantitative estimate of drug-likeness (QED) is 0.898. The van der Waals surface area contributed by atoms with E-state index in [1.807, 2.05) is 23.8 Å². The van der Waals surface area contributed by atoms with E-state index in [-0.39, 0.29) is 0 Å². The number of thiazole rings is 1. The molecule has 0 amide bonds. The molecular weight excluding hydrogens is 230 g/mol. The van der Waals surface area contributed by atoms with Gasteiger partial charge in [0.1, 0.15) is 0 Å². The molecule has 1 N–H and O–H groups in total. The Balaban J connectivity index is 1.57. The first-order chi connectivity index (χ1) is 8.43. The van der Waals surface area contributed by atoms with Crippen molar-refractivity contribution in [3.05, 3.63) is 46.2 Å². The Kier molecular flexibility index (Phi) is 3.16. The zero-order chi connectivity index (χ0) is 11.5. The summed E-state index contributed by atoms with van der Waals surface area (Å²) in [6.45, 7) is 0.980. The average molecular weight is 245 g/mol. The lowest BCUT2D eigenvalue weighted by atomic mass is 10.2. The highest BCUT2D eigenvalue weighted by Crippen LogP contribution is 2.28. The van der Waals surface area contributed by atoms with Crippen LogP contribution in [0.5, 0.6) is 0 Å². The predicted octanol–water partition coefficient (Wildman–Crippen LogP) is 2.36. The van der Waals surface area contributed by atoms with Gasteiger partial charge >= 0.3 is 0 Å². The average Bonchev–Trinajstić information content (AvgIpc) is 2.99. The zero-order valence-corrected chi connectivity index (χ0v) is 10.4. The van der Waals surface area contributed by atoms with Crippen molar-refractivity contribution in [1.29, 1.82) is 0 Å².